The van der Waals surface area contributed by atoms with Crippen molar-refractivity contribution < 1.29 is 19.7 Å². The van der Waals surface area contributed by atoms with Crippen molar-refractivity contribution in [3.63, 3.8) is 0 Å². The van der Waals surface area contributed by atoms with Crippen LogP contribution in [0.25, 0.3) is 0 Å². The number of aliphatic hydroxyl groups excluding tert-OH is 1. The summed E-state index contributed by atoms with van der Waals surface area (Å²) in [7, 11) is 0. The number of carboxylic acids is 1. The van der Waals surface area contributed by atoms with Gasteiger partial charge in [-0.2, -0.15) is 0 Å². The second-order valence-electron chi connectivity index (χ2n) is 5.12. The highest BCUT2D eigenvalue weighted by atomic mass is 16.5. The average molecular weight is 261 g/mol. The van der Waals surface area contributed by atoms with Gasteiger partial charge in [-0.25, -0.2) is 0 Å². The molecule has 0 heterocycles. The van der Waals surface area contributed by atoms with Gasteiger partial charge >= 0.3 is 5.97 Å². The summed E-state index contributed by atoms with van der Waals surface area (Å²) in [4.78, 5) is 12.5. The number of aliphatic hydroxyl groups is 1. The predicted octanol–water partition coefficient (Wildman–Crippen LogP) is 1.35. The summed E-state index contributed by atoms with van der Waals surface area (Å²) >= 11 is 0. The van der Waals surface area contributed by atoms with E-state index in [1.165, 1.54) is 0 Å². The maximum atomic E-state index is 10.5. The van der Waals surface area contributed by atoms with Crippen LogP contribution in [-0.2, 0) is 9.53 Å². The SMILES string of the molecule is CC(C)OCC(O)CN(CCCC(=O)O)C(C)C. The van der Waals surface area contributed by atoms with Gasteiger partial charge in [0.05, 0.1) is 18.8 Å². The van der Waals surface area contributed by atoms with Gasteiger partial charge in [0.1, 0.15) is 0 Å². The quantitative estimate of drug-likeness (QED) is 0.621. The van der Waals surface area contributed by atoms with Crippen LogP contribution in [0.4, 0.5) is 0 Å². The highest BCUT2D eigenvalue weighted by molar-refractivity contribution is 5.66. The van der Waals surface area contributed by atoms with Gasteiger partial charge in [-0.15, -0.1) is 0 Å². The average Bonchev–Trinajstić information content (AvgIpc) is 2.24. The van der Waals surface area contributed by atoms with Crippen molar-refractivity contribution in [2.24, 2.45) is 0 Å². The van der Waals surface area contributed by atoms with Gasteiger partial charge in [-0.05, 0) is 40.7 Å². The molecule has 0 fully saturated rings. The lowest BCUT2D eigenvalue weighted by atomic mass is 10.2. The summed E-state index contributed by atoms with van der Waals surface area (Å²) in [6.45, 7) is 9.46. The van der Waals surface area contributed by atoms with E-state index in [1.54, 1.807) is 0 Å². The molecule has 0 aliphatic heterocycles. The fraction of sp³-hybridized carbons (Fsp3) is 0.923. The molecule has 5 heteroatoms. The fourth-order valence-electron chi connectivity index (χ4n) is 1.62. The summed E-state index contributed by atoms with van der Waals surface area (Å²) < 4.78 is 5.36. The van der Waals surface area contributed by atoms with Gasteiger partial charge in [-0.1, -0.05) is 0 Å². The molecule has 0 aliphatic rings. The minimum absolute atomic E-state index is 0.110. The van der Waals surface area contributed by atoms with Gasteiger partial charge in [0.2, 0.25) is 0 Å². The predicted molar refractivity (Wildman–Crippen MR) is 70.7 cm³/mol. The smallest absolute Gasteiger partial charge is 0.303 e. The Labute approximate surface area is 110 Å². The first-order chi connectivity index (χ1) is 8.32. The van der Waals surface area contributed by atoms with Crippen LogP contribution in [0.2, 0.25) is 0 Å². The summed E-state index contributed by atoms with van der Waals surface area (Å²) in [6, 6.07) is 0.285. The van der Waals surface area contributed by atoms with Crippen LogP contribution < -0.4 is 0 Å². The van der Waals surface area contributed by atoms with Crippen LogP contribution in [0, 0.1) is 0 Å². The molecule has 0 saturated heterocycles. The third-order valence-corrected chi connectivity index (χ3v) is 2.63. The van der Waals surface area contributed by atoms with E-state index in [0.717, 1.165) is 0 Å². The van der Waals surface area contributed by atoms with Gasteiger partial charge in [0.25, 0.3) is 0 Å². The molecule has 0 aromatic heterocycles. The number of hydrogen-bond acceptors (Lipinski definition) is 4. The number of rotatable bonds is 10. The van der Waals surface area contributed by atoms with Crippen molar-refractivity contribution in [1.82, 2.24) is 4.90 Å². The lowest BCUT2D eigenvalue weighted by molar-refractivity contribution is -0.137. The van der Waals surface area contributed by atoms with Crippen molar-refractivity contribution in [1.29, 1.82) is 0 Å². The summed E-state index contributed by atoms with van der Waals surface area (Å²) in [5.74, 6) is -0.776. The third kappa shape index (κ3) is 9.39. The molecule has 2 N–H and O–H groups in total. The van der Waals surface area contributed by atoms with E-state index in [1.807, 2.05) is 27.7 Å². The Morgan fingerprint density at radius 1 is 1.28 bits per heavy atom. The molecular formula is C13H27NO4. The molecule has 1 atom stereocenters. The standard InChI is InChI=1S/C13H27NO4/c1-10(2)14(7-5-6-13(16)17)8-12(15)9-18-11(3)4/h10-12,15H,5-9H2,1-4H3,(H,16,17). The molecule has 0 amide bonds. The van der Waals surface area contributed by atoms with Crippen molar-refractivity contribution in [2.45, 2.75) is 58.8 Å². The maximum absolute atomic E-state index is 10.5. The topological polar surface area (TPSA) is 70.0 Å². The molecule has 0 bridgehead atoms. The lowest BCUT2D eigenvalue weighted by Gasteiger charge is -2.28. The Bertz CT molecular complexity index is 231. The second-order valence-corrected chi connectivity index (χ2v) is 5.12. The summed E-state index contributed by atoms with van der Waals surface area (Å²) in [5.41, 5.74) is 0. The number of carbonyl (C=O) groups is 1. The molecule has 18 heavy (non-hydrogen) atoms. The Kier molecular flexibility index (Phi) is 8.97. The molecular weight excluding hydrogens is 234 g/mol. The highest BCUT2D eigenvalue weighted by Gasteiger charge is 2.15. The number of hydrogen-bond donors (Lipinski definition) is 2. The molecule has 5 nitrogen and oxygen atoms in total. The number of ether oxygens (including phenoxy) is 1. The van der Waals surface area contributed by atoms with Crippen molar-refractivity contribution in [3.8, 4) is 0 Å². The lowest BCUT2D eigenvalue weighted by Crippen LogP contribution is -2.40. The van der Waals surface area contributed by atoms with E-state index in [2.05, 4.69) is 4.90 Å². The van der Waals surface area contributed by atoms with E-state index in [9.17, 15) is 9.90 Å². The Balaban J connectivity index is 3.98. The van der Waals surface area contributed by atoms with E-state index < -0.39 is 12.1 Å². The number of nitrogens with zero attached hydrogens (tertiary/aromatic N) is 1. The van der Waals surface area contributed by atoms with Crippen LogP contribution in [0.3, 0.4) is 0 Å². The van der Waals surface area contributed by atoms with Gasteiger partial charge in [0.15, 0.2) is 0 Å². The maximum Gasteiger partial charge on any atom is 0.303 e. The first kappa shape index (κ1) is 17.4. The fourth-order valence-corrected chi connectivity index (χ4v) is 1.62. The highest BCUT2D eigenvalue weighted by Crippen LogP contribution is 2.04. The molecule has 108 valence electrons. The molecule has 0 rings (SSSR count). The second kappa shape index (κ2) is 9.30. The summed E-state index contributed by atoms with van der Waals surface area (Å²) in [6.07, 6.45) is 0.353. The largest absolute Gasteiger partial charge is 0.481 e. The molecule has 0 aliphatic carbocycles. The molecule has 0 radical (unpaired) electrons. The van der Waals surface area contributed by atoms with Crippen molar-refractivity contribution in [2.75, 3.05) is 19.7 Å². The van der Waals surface area contributed by atoms with Crippen LogP contribution >= 0.6 is 0 Å². The van der Waals surface area contributed by atoms with Crippen LogP contribution in [0.1, 0.15) is 40.5 Å². The summed E-state index contributed by atoms with van der Waals surface area (Å²) in [5, 5.41) is 18.4. The van der Waals surface area contributed by atoms with Crippen molar-refractivity contribution in [3.05, 3.63) is 0 Å². The molecule has 0 aromatic rings. The minimum atomic E-state index is -0.776. The van der Waals surface area contributed by atoms with Crippen LogP contribution in [0.5, 0.6) is 0 Å². The van der Waals surface area contributed by atoms with E-state index in [4.69, 9.17) is 9.84 Å². The zero-order valence-corrected chi connectivity index (χ0v) is 11.9. The molecule has 1 unspecified atom stereocenters. The van der Waals surface area contributed by atoms with Gasteiger partial charge < -0.3 is 14.9 Å². The molecule has 0 aromatic carbocycles. The third-order valence-electron chi connectivity index (χ3n) is 2.63. The minimum Gasteiger partial charge on any atom is -0.481 e. The Morgan fingerprint density at radius 3 is 2.33 bits per heavy atom. The zero-order chi connectivity index (χ0) is 14.1. The van der Waals surface area contributed by atoms with E-state index in [-0.39, 0.29) is 18.6 Å². The van der Waals surface area contributed by atoms with Crippen LogP contribution in [0.15, 0.2) is 0 Å². The first-order valence-electron chi connectivity index (χ1n) is 6.58. The normalized spacial score (nSPS) is 13.6. The van der Waals surface area contributed by atoms with E-state index in [0.29, 0.717) is 26.1 Å². The number of carboxylic acid groups (broad SMARTS) is 1. The van der Waals surface area contributed by atoms with Gasteiger partial charge in [0, 0.05) is 19.0 Å². The zero-order valence-electron chi connectivity index (χ0n) is 11.9. The Hall–Kier alpha value is -0.650. The monoisotopic (exact) mass is 261 g/mol. The van der Waals surface area contributed by atoms with Crippen LogP contribution in [-0.4, -0.2) is 59.0 Å². The Morgan fingerprint density at radius 2 is 1.89 bits per heavy atom. The molecule has 0 spiro atoms. The van der Waals surface area contributed by atoms with Gasteiger partial charge in [-0.3, -0.25) is 9.69 Å². The first-order valence-corrected chi connectivity index (χ1v) is 6.58. The molecule has 0 saturated carbocycles. The van der Waals surface area contributed by atoms with Crippen molar-refractivity contribution >= 4 is 5.97 Å². The van der Waals surface area contributed by atoms with E-state index >= 15 is 0 Å². The number of aliphatic carboxylic acids is 1.